The van der Waals surface area contributed by atoms with E-state index in [-0.39, 0.29) is 17.9 Å². The van der Waals surface area contributed by atoms with Crippen molar-refractivity contribution in [3.63, 3.8) is 0 Å². The Morgan fingerprint density at radius 3 is 2.81 bits per heavy atom. The summed E-state index contributed by atoms with van der Waals surface area (Å²) in [5, 5.41) is 7.65. The van der Waals surface area contributed by atoms with E-state index >= 15 is 0 Å². The highest BCUT2D eigenvalue weighted by atomic mass is 19.1. The first-order chi connectivity index (χ1) is 15.5. The third-order valence-corrected chi connectivity index (χ3v) is 4.83. The molecule has 4 rings (SSSR count). The number of nitrogens with one attached hydrogen (secondary N) is 1. The number of benzene rings is 1. The van der Waals surface area contributed by atoms with Gasteiger partial charge in [-0.1, -0.05) is 31.2 Å². The number of fused-ring (bicyclic) bond motifs is 1. The predicted molar refractivity (Wildman–Crippen MR) is 122 cm³/mol. The van der Waals surface area contributed by atoms with E-state index in [2.05, 4.69) is 25.4 Å². The molecule has 0 saturated heterocycles. The molecule has 4 aromatic rings. The number of nitrogens with two attached hydrogens (primary N) is 1. The fraction of sp³-hybridized carbons (Fsp3) is 0.217. The summed E-state index contributed by atoms with van der Waals surface area (Å²) >= 11 is 0. The second kappa shape index (κ2) is 9.42. The van der Waals surface area contributed by atoms with E-state index in [0.29, 0.717) is 35.1 Å². The van der Waals surface area contributed by atoms with Crippen molar-refractivity contribution in [1.82, 2.24) is 24.6 Å². The van der Waals surface area contributed by atoms with E-state index in [1.54, 1.807) is 41.2 Å². The number of hydrogen-bond acceptors (Lipinski definition) is 7. The molecule has 164 valence electrons. The second-order valence-electron chi connectivity index (χ2n) is 7.18. The molecule has 32 heavy (non-hydrogen) atoms. The highest BCUT2D eigenvalue weighted by molar-refractivity contribution is 5.85. The monoisotopic (exact) mass is 433 g/mol. The summed E-state index contributed by atoms with van der Waals surface area (Å²) in [5.41, 5.74) is 8.82. The Hall–Kier alpha value is -4.01. The molecular weight excluding hydrogens is 409 g/mol. The first-order valence-corrected chi connectivity index (χ1v) is 10.3. The third kappa shape index (κ3) is 4.66. The maximum Gasteiger partial charge on any atom is 0.319 e. The van der Waals surface area contributed by atoms with Crippen LogP contribution in [-0.2, 0) is 0 Å². The van der Waals surface area contributed by atoms with E-state index in [1.807, 2.05) is 26.0 Å². The van der Waals surface area contributed by atoms with E-state index in [0.717, 1.165) is 12.0 Å². The van der Waals surface area contributed by atoms with Crippen LogP contribution >= 0.6 is 0 Å². The molecule has 0 amide bonds. The number of nitrogen functional groups attached to an aromatic ring is 1. The number of nitrogens with zero attached hydrogens (tertiary/aromatic N) is 5. The molecule has 0 radical (unpaired) electrons. The van der Waals surface area contributed by atoms with Gasteiger partial charge in [0.15, 0.2) is 11.5 Å². The van der Waals surface area contributed by atoms with Gasteiger partial charge in [0.05, 0.1) is 11.3 Å². The van der Waals surface area contributed by atoms with Crippen LogP contribution in [0.4, 0.5) is 16.0 Å². The smallest absolute Gasteiger partial charge is 0.319 e. The lowest BCUT2D eigenvalue weighted by molar-refractivity contribution is 0.333. The lowest BCUT2D eigenvalue weighted by Crippen LogP contribution is -2.10. The van der Waals surface area contributed by atoms with Crippen LogP contribution in [0.1, 0.15) is 31.9 Å². The van der Waals surface area contributed by atoms with Crippen LogP contribution in [-0.4, -0.2) is 31.2 Å². The van der Waals surface area contributed by atoms with E-state index in [1.165, 1.54) is 12.1 Å². The van der Waals surface area contributed by atoms with E-state index in [4.69, 9.17) is 10.5 Å². The molecule has 0 unspecified atom stereocenters. The zero-order chi connectivity index (χ0) is 22.5. The Balaban J connectivity index is 1.71. The topological polar surface area (TPSA) is 103 Å². The standard InChI is InChI=1S/C23H24FN7O/c1-3-4-5-13-32-23-28-18(20-21(25)30-31-12-6-11-26-22(20)31)14-19(29-23)27-15(2)16-7-9-17(24)10-8-16/h4-12,14-15H,3,13H2,1-2H3,(H2,25,30)(H,27,28,29)/b5-4-/t15-/m0/s1. The molecule has 1 atom stereocenters. The Labute approximate surface area is 185 Å². The Morgan fingerprint density at radius 2 is 2.03 bits per heavy atom. The number of rotatable bonds is 8. The van der Waals surface area contributed by atoms with Gasteiger partial charge >= 0.3 is 6.01 Å². The lowest BCUT2D eigenvalue weighted by atomic mass is 10.1. The van der Waals surface area contributed by atoms with Crippen LogP contribution in [0.2, 0.25) is 0 Å². The summed E-state index contributed by atoms with van der Waals surface area (Å²) in [6, 6.07) is 9.94. The van der Waals surface area contributed by atoms with Crippen molar-refractivity contribution in [2.24, 2.45) is 0 Å². The normalized spacial score (nSPS) is 12.3. The van der Waals surface area contributed by atoms with Crippen LogP contribution in [0.5, 0.6) is 6.01 Å². The van der Waals surface area contributed by atoms with Crippen molar-refractivity contribution in [1.29, 1.82) is 0 Å². The summed E-state index contributed by atoms with van der Waals surface area (Å²) in [7, 11) is 0. The minimum atomic E-state index is -0.280. The molecule has 8 nitrogen and oxygen atoms in total. The number of allylic oxidation sites excluding steroid dienone is 1. The van der Waals surface area contributed by atoms with Gasteiger partial charge in [0.25, 0.3) is 0 Å². The Kier molecular flexibility index (Phi) is 6.25. The molecule has 1 aromatic carbocycles. The van der Waals surface area contributed by atoms with Crippen LogP contribution < -0.4 is 15.8 Å². The molecule has 3 aromatic heterocycles. The van der Waals surface area contributed by atoms with Crippen molar-refractivity contribution < 1.29 is 9.13 Å². The van der Waals surface area contributed by atoms with Crippen molar-refractivity contribution in [3.05, 3.63) is 72.3 Å². The third-order valence-electron chi connectivity index (χ3n) is 4.83. The first-order valence-electron chi connectivity index (χ1n) is 10.3. The summed E-state index contributed by atoms with van der Waals surface area (Å²) < 4.78 is 20.6. The molecule has 0 aliphatic carbocycles. The molecule has 0 bridgehead atoms. The fourth-order valence-corrected chi connectivity index (χ4v) is 3.26. The largest absolute Gasteiger partial charge is 0.459 e. The predicted octanol–water partition coefficient (Wildman–Crippen LogP) is 4.43. The summed E-state index contributed by atoms with van der Waals surface area (Å²) in [4.78, 5) is 13.4. The molecule has 0 fully saturated rings. The number of anilines is 2. The van der Waals surface area contributed by atoms with Crippen LogP contribution in [0, 0.1) is 5.82 Å². The number of ether oxygens (including phenoxy) is 1. The minimum Gasteiger partial charge on any atom is -0.459 e. The summed E-state index contributed by atoms with van der Waals surface area (Å²) in [6.45, 7) is 4.35. The van der Waals surface area contributed by atoms with Crippen molar-refractivity contribution in [2.45, 2.75) is 26.3 Å². The van der Waals surface area contributed by atoms with Crippen molar-refractivity contribution in [2.75, 3.05) is 17.7 Å². The number of hydrogen-bond donors (Lipinski definition) is 2. The zero-order valence-corrected chi connectivity index (χ0v) is 17.9. The Bertz CT molecular complexity index is 1240. The molecular formula is C23H24FN7O. The maximum absolute atomic E-state index is 13.3. The average molecular weight is 433 g/mol. The summed E-state index contributed by atoms with van der Waals surface area (Å²) in [6.07, 6.45) is 8.27. The van der Waals surface area contributed by atoms with E-state index in [9.17, 15) is 4.39 Å². The van der Waals surface area contributed by atoms with Gasteiger partial charge in [-0.05, 0) is 37.1 Å². The molecule has 0 aliphatic rings. The van der Waals surface area contributed by atoms with Crippen molar-refractivity contribution in [3.8, 4) is 17.3 Å². The highest BCUT2D eigenvalue weighted by Gasteiger charge is 2.18. The van der Waals surface area contributed by atoms with Crippen LogP contribution in [0.25, 0.3) is 16.9 Å². The molecule has 3 heterocycles. The van der Waals surface area contributed by atoms with Gasteiger partial charge < -0.3 is 15.8 Å². The van der Waals surface area contributed by atoms with Gasteiger partial charge in [-0.15, -0.1) is 5.10 Å². The van der Waals surface area contributed by atoms with Gasteiger partial charge in [-0.2, -0.15) is 9.97 Å². The highest BCUT2D eigenvalue weighted by Crippen LogP contribution is 2.31. The van der Waals surface area contributed by atoms with Gasteiger partial charge in [-0.3, -0.25) is 0 Å². The molecule has 0 aliphatic heterocycles. The molecule has 0 saturated carbocycles. The van der Waals surface area contributed by atoms with Gasteiger partial charge in [0.1, 0.15) is 18.2 Å². The SMILES string of the molecule is CC/C=C\COc1nc(N[C@@H](C)c2ccc(F)cc2)cc(-c2c(N)nn3cccnc23)n1. The van der Waals surface area contributed by atoms with Gasteiger partial charge in [0, 0.05) is 24.5 Å². The maximum atomic E-state index is 13.3. The minimum absolute atomic E-state index is 0.134. The Morgan fingerprint density at radius 1 is 1.22 bits per heavy atom. The average Bonchev–Trinajstić information content (AvgIpc) is 3.12. The molecule has 3 N–H and O–H groups in total. The van der Waals surface area contributed by atoms with Crippen LogP contribution in [0.3, 0.4) is 0 Å². The zero-order valence-electron chi connectivity index (χ0n) is 17.9. The summed E-state index contributed by atoms with van der Waals surface area (Å²) in [5.74, 6) is 0.560. The molecule has 9 heteroatoms. The quantitative estimate of drug-likeness (QED) is 0.396. The number of aromatic nitrogens is 5. The lowest BCUT2D eigenvalue weighted by Gasteiger charge is -2.16. The first kappa shape index (κ1) is 21.2. The molecule has 0 spiro atoms. The van der Waals surface area contributed by atoms with Crippen LogP contribution in [0.15, 0.2) is 60.9 Å². The van der Waals surface area contributed by atoms with Crippen molar-refractivity contribution >= 4 is 17.3 Å². The van der Waals surface area contributed by atoms with E-state index < -0.39 is 0 Å². The van der Waals surface area contributed by atoms with Gasteiger partial charge in [-0.25, -0.2) is 13.9 Å². The van der Waals surface area contributed by atoms with Gasteiger partial charge in [0.2, 0.25) is 0 Å². The second-order valence-corrected chi connectivity index (χ2v) is 7.18. The number of halogens is 1. The fourth-order valence-electron chi connectivity index (χ4n) is 3.26.